The number of nitrogens with zero attached hydrogens (tertiary/aromatic N) is 3. The molecule has 0 aromatic heterocycles. The molecule has 4 fully saturated rings. The molecule has 4 unspecified atom stereocenters. The average molecular weight is 503 g/mol. The molecule has 35 heavy (non-hydrogen) atoms. The van der Waals surface area contributed by atoms with Crippen LogP contribution in [0.15, 0.2) is 53.4 Å². The van der Waals surface area contributed by atoms with Gasteiger partial charge in [-0.05, 0) is 79.8 Å². The van der Waals surface area contributed by atoms with Crippen molar-refractivity contribution < 1.29 is 17.5 Å². The van der Waals surface area contributed by atoms with Gasteiger partial charge in [0.25, 0.3) is 0 Å². The molecule has 2 bridgehead atoms. The second-order valence-corrected chi connectivity index (χ2v) is 11.8. The predicted octanol–water partition coefficient (Wildman–Crippen LogP) is 2.65. The molecule has 1 N–H and O–H groups in total. The molecule has 7 nitrogen and oxygen atoms in total. The topological polar surface area (TPSA) is 65.1 Å². The van der Waals surface area contributed by atoms with Gasteiger partial charge < -0.3 is 9.64 Å². The summed E-state index contributed by atoms with van der Waals surface area (Å²) >= 11 is 0. The van der Waals surface area contributed by atoms with Crippen LogP contribution in [0.3, 0.4) is 0 Å². The number of methoxy groups -OCH3 is 1. The normalized spacial score (nSPS) is 27.2. The van der Waals surface area contributed by atoms with E-state index in [-0.39, 0.29) is 16.8 Å². The number of rotatable bonds is 8. The second kappa shape index (κ2) is 10.4. The summed E-state index contributed by atoms with van der Waals surface area (Å²) in [4.78, 5) is 7.65. The number of anilines is 1. The Labute approximate surface area is 207 Å². The van der Waals surface area contributed by atoms with Crippen molar-refractivity contribution in [3.63, 3.8) is 0 Å². The predicted molar refractivity (Wildman–Crippen MR) is 135 cm³/mol. The molecular weight excluding hydrogens is 467 g/mol. The third-order valence-corrected chi connectivity index (χ3v) is 9.39. The molecule has 0 radical (unpaired) electrons. The van der Waals surface area contributed by atoms with E-state index in [0.29, 0.717) is 24.1 Å². The van der Waals surface area contributed by atoms with Gasteiger partial charge in [0.2, 0.25) is 10.0 Å². The van der Waals surface area contributed by atoms with Crippen molar-refractivity contribution in [2.75, 3.05) is 64.4 Å². The van der Waals surface area contributed by atoms with Gasteiger partial charge in [-0.1, -0.05) is 0 Å². The first-order valence-corrected chi connectivity index (χ1v) is 14.0. The summed E-state index contributed by atoms with van der Waals surface area (Å²) in [5.41, 5.74) is 1.09. The fraction of sp³-hybridized carbons (Fsp3) is 0.538. The Kier molecular flexibility index (Phi) is 7.29. The van der Waals surface area contributed by atoms with E-state index in [0.717, 1.165) is 57.9 Å². The van der Waals surface area contributed by atoms with E-state index in [1.807, 2.05) is 12.1 Å². The van der Waals surface area contributed by atoms with Gasteiger partial charge in [0.15, 0.2) is 0 Å². The molecule has 4 heterocycles. The summed E-state index contributed by atoms with van der Waals surface area (Å²) in [6, 6.07) is 13.6. The maximum atomic E-state index is 13.2. The molecule has 4 aliphatic heterocycles. The number of piperazine rings is 1. The molecule has 9 heteroatoms. The number of sulfonamides is 1. The average Bonchev–Trinajstić information content (AvgIpc) is 2.89. The van der Waals surface area contributed by atoms with Crippen LogP contribution in [0.2, 0.25) is 0 Å². The number of piperidine rings is 3. The number of hydrogen-bond donors (Lipinski definition) is 1. The summed E-state index contributed by atoms with van der Waals surface area (Å²) < 4.78 is 46.7. The molecule has 4 aliphatic rings. The molecule has 2 aromatic carbocycles. The Bertz CT molecular complexity index is 1090. The minimum absolute atomic E-state index is 0.193. The number of benzene rings is 2. The van der Waals surface area contributed by atoms with Crippen LogP contribution in [0.4, 0.5) is 10.1 Å². The first-order valence-electron chi connectivity index (χ1n) is 12.5. The monoisotopic (exact) mass is 502 g/mol. The van der Waals surface area contributed by atoms with Crippen LogP contribution in [0.5, 0.6) is 5.75 Å². The maximum Gasteiger partial charge on any atom is 0.240 e. The Morgan fingerprint density at radius 3 is 2.34 bits per heavy atom. The summed E-state index contributed by atoms with van der Waals surface area (Å²) in [5.74, 6) is 1.73. The molecule has 6 rings (SSSR count). The van der Waals surface area contributed by atoms with Gasteiger partial charge in [0, 0.05) is 57.5 Å². The Morgan fingerprint density at radius 1 is 1.00 bits per heavy atom. The van der Waals surface area contributed by atoms with E-state index < -0.39 is 10.0 Å². The number of fused-ring (bicyclic) bond motifs is 3. The zero-order valence-corrected chi connectivity index (χ0v) is 21.1. The van der Waals surface area contributed by atoms with Crippen molar-refractivity contribution in [1.29, 1.82) is 0 Å². The van der Waals surface area contributed by atoms with E-state index in [9.17, 15) is 12.8 Å². The zero-order chi connectivity index (χ0) is 24.4. The SMILES string of the molecule is COc1ccc(S(=O)(=O)NCC2CC3CCN2CC3CN2CCN(c3ccc(F)cc3)CC2)cc1. The Balaban J connectivity index is 1.10. The van der Waals surface area contributed by atoms with Crippen molar-refractivity contribution in [3.8, 4) is 5.75 Å². The van der Waals surface area contributed by atoms with Crippen LogP contribution in [0, 0.1) is 17.7 Å². The van der Waals surface area contributed by atoms with Crippen LogP contribution >= 0.6 is 0 Å². The fourth-order valence-electron chi connectivity index (χ4n) is 5.88. The molecule has 0 saturated carbocycles. The molecule has 4 saturated heterocycles. The van der Waals surface area contributed by atoms with Gasteiger partial charge in [-0.25, -0.2) is 17.5 Å². The zero-order valence-electron chi connectivity index (χ0n) is 20.3. The summed E-state index contributed by atoms with van der Waals surface area (Å²) in [6.45, 7) is 7.60. The highest BCUT2D eigenvalue weighted by molar-refractivity contribution is 7.89. The minimum atomic E-state index is -3.53. The standard InChI is InChI=1S/C26H35FN4O3S/c1-34-25-6-8-26(9-7-25)35(32,33)28-17-24-16-20-10-11-31(24)19-21(20)18-29-12-14-30(15-13-29)23-4-2-22(27)3-5-23/h2-9,20-21,24,28H,10-19H2,1H3. The number of hydrogen-bond acceptors (Lipinski definition) is 6. The third kappa shape index (κ3) is 5.63. The van der Waals surface area contributed by atoms with Crippen molar-refractivity contribution in [3.05, 3.63) is 54.3 Å². The fourth-order valence-corrected chi connectivity index (χ4v) is 6.96. The van der Waals surface area contributed by atoms with E-state index in [1.54, 1.807) is 31.4 Å². The van der Waals surface area contributed by atoms with Gasteiger partial charge in [0.1, 0.15) is 11.6 Å². The van der Waals surface area contributed by atoms with Gasteiger partial charge in [-0.15, -0.1) is 0 Å². The van der Waals surface area contributed by atoms with Crippen molar-refractivity contribution in [2.24, 2.45) is 11.8 Å². The number of ether oxygens (including phenoxy) is 1. The smallest absolute Gasteiger partial charge is 0.240 e. The lowest BCUT2D eigenvalue weighted by molar-refractivity contribution is -0.0107. The minimum Gasteiger partial charge on any atom is -0.497 e. The Hall–Kier alpha value is -2.20. The largest absolute Gasteiger partial charge is 0.497 e. The molecule has 4 atom stereocenters. The molecule has 0 spiro atoms. The van der Waals surface area contributed by atoms with Crippen LogP contribution in [-0.2, 0) is 10.0 Å². The highest BCUT2D eigenvalue weighted by Crippen LogP contribution is 2.37. The number of halogens is 1. The van der Waals surface area contributed by atoms with E-state index in [2.05, 4.69) is 19.4 Å². The lowest BCUT2D eigenvalue weighted by Gasteiger charge is -2.51. The lowest BCUT2D eigenvalue weighted by Crippen LogP contribution is -2.59. The first kappa shape index (κ1) is 24.5. The van der Waals surface area contributed by atoms with E-state index >= 15 is 0 Å². The van der Waals surface area contributed by atoms with Gasteiger partial charge in [-0.3, -0.25) is 9.80 Å². The van der Waals surface area contributed by atoms with Crippen LogP contribution in [0.25, 0.3) is 0 Å². The summed E-state index contributed by atoms with van der Waals surface area (Å²) in [7, 11) is -1.97. The van der Waals surface area contributed by atoms with Crippen molar-refractivity contribution in [2.45, 2.75) is 23.8 Å². The van der Waals surface area contributed by atoms with Gasteiger partial charge in [0.05, 0.1) is 12.0 Å². The first-order chi connectivity index (χ1) is 16.9. The molecular formula is C26H35FN4O3S. The van der Waals surface area contributed by atoms with Crippen LogP contribution in [-0.4, -0.2) is 83.7 Å². The highest BCUT2D eigenvalue weighted by Gasteiger charge is 2.41. The quantitative estimate of drug-likeness (QED) is 0.599. The molecule has 2 aromatic rings. The summed E-state index contributed by atoms with van der Waals surface area (Å²) in [6.07, 6.45) is 2.24. The highest BCUT2D eigenvalue weighted by atomic mass is 32.2. The summed E-state index contributed by atoms with van der Waals surface area (Å²) in [5, 5.41) is 0. The van der Waals surface area contributed by atoms with Gasteiger partial charge >= 0.3 is 0 Å². The van der Waals surface area contributed by atoms with Gasteiger partial charge in [-0.2, -0.15) is 0 Å². The third-order valence-electron chi connectivity index (χ3n) is 7.95. The second-order valence-electron chi connectivity index (χ2n) is 9.98. The van der Waals surface area contributed by atoms with E-state index in [4.69, 9.17) is 4.74 Å². The van der Waals surface area contributed by atoms with Crippen LogP contribution in [0.1, 0.15) is 12.8 Å². The molecule has 0 aliphatic carbocycles. The lowest BCUT2D eigenvalue weighted by atomic mass is 9.75. The molecule has 190 valence electrons. The van der Waals surface area contributed by atoms with Crippen LogP contribution < -0.4 is 14.4 Å². The molecule has 0 amide bonds. The van der Waals surface area contributed by atoms with Crippen molar-refractivity contribution in [1.82, 2.24) is 14.5 Å². The maximum absolute atomic E-state index is 13.2. The Morgan fingerprint density at radius 2 is 1.71 bits per heavy atom. The van der Waals surface area contributed by atoms with E-state index in [1.165, 1.54) is 18.6 Å². The van der Waals surface area contributed by atoms with Crippen molar-refractivity contribution >= 4 is 15.7 Å². The number of nitrogens with one attached hydrogen (secondary N) is 1.